The molecule has 0 spiro atoms. The summed E-state index contributed by atoms with van der Waals surface area (Å²) in [6.45, 7) is 7.17. The molecule has 2 aromatic carbocycles. The summed E-state index contributed by atoms with van der Waals surface area (Å²) in [4.78, 5) is 29.4. The van der Waals surface area contributed by atoms with Gasteiger partial charge in [-0.3, -0.25) is 14.5 Å². The molecule has 0 unspecified atom stereocenters. The van der Waals surface area contributed by atoms with Gasteiger partial charge in [0.2, 0.25) is 11.7 Å². The number of methoxy groups -OCH3 is 2. The second-order valence-corrected chi connectivity index (χ2v) is 9.12. The van der Waals surface area contributed by atoms with E-state index in [1.165, 1.54) is 43.4 Å². The van der Waals surface area contributed by atoms with Crippen molar-refractivity contribution in [1.82, 2.24) is 25.5 Å². The first-order valence-electron chi connectivity index (χ1n) is 11.5. The molecule has 3 aromatic rings. The van der Waals surface area contributed by atoms with Crippen LogP contribution in [0.4, 0.5) is 10.1 Å². The molecule has 2 amide bonds. The number of hydrogen-bond acceptors (Lipinski definition) is 7. The second kappa shape index (κ2) is 11.1. The largest absolute Gasteiger partial charge is 0.493 e. The Labute approximate surface area is 209 Å². The van der Waals surface area contributed by atoms with Gasteiger partial charge in [0, 0.05) is 22.9 Å². The molecule has 3 rings (SSSR count). The summed E-state index contributed by atoms with van der Waals surface area (Å²) in [6.07, 6.45) is 0.355. The highest BCUT2D eigenvalue weighted by atomic mass is 19.1. The van der Waals surface area contributed by atoms with Crippen LogP contribution in [0.1, 0.15) is 34.1 Å². The number of nitrogens with one attached hydrogen (secondary N) is 1. The monoisotopic (exact) mass is 498 g/mol. The van der Waals surface area contributed by atoms with Gasteiger partial charge >= 0.3 is 0 Å². The van der Waals surface area contributed by atoms with Gasteiger partial charge in [-0.1, -0.05) is 6.92 Å². The van der Waals surface area contributed by atoms with Crippen molar-refractivity contribution in [3.63, 3.8) is 0 Å². The van der Waals surface area contributed by atoms with E-state index < -0.39 is 17.5 Å². The zero-order valence-corrected chi connectivity index (χ0v) is 21.3. The maximum absolute atomic E-state index is 13.6. The summed E-state index contributed by atoms with van der Waals surface area (Å²) in [5.41, 5.74) is 0.518. The summed E-state index contributed by atoms with van der Waals surface area (Å²) < 4.78 is 24.0. The van der Waals surface area contributed by atoms with Crippen molar-refractivity contribution in [2.45, 2.75) is 52.2 Å². The second-order valence-electron chi connectivity index (χ2n) is 9.12. The van der Waals surface area contributed by atoms with E-state index in [-0.39, 0.29) is 24.1 Å². The van der Waals surface area contributed by atoms with Gasteiger partial charge in [0.15, 0.2) is 11.5 Å². The molecule has 0 saturated heterocycles. The van der Waals surface area contributed by atoms with Gasteiger partial charge in [-0.15, -0.1) is 10.2 Å². The van der Waals surface area contributed by atoms with Crippen molar-refractivity contribution in [3.05, 3.63) is 48.3 Å². The van der Waals surface area contributed by atoms with Crippen molar-refractivity contribution in [1.29, 1.82) is 0 Å². The van der Waals surface area contributed by atoms with E-state index in [2.05, 4.69) is 20.7 Å². The Morgan fingerprint density at radius 2 is 1.75 bits per heavy atom. The van der Waals surface area contributed by atoms with Crippen molar-refractivity contribution in [2.24, 2.45) is 0 Å². The fourth-order valence-electron chi connectivity index (χ4n) is 3.63. The Kier molecular flexibility index (Phi) is 8.23. The lowest BCUT2D eigenvalue weighted by Crippen LogP contribution is -2.54. The summed E-state index contributed by atoms with van der Waals surface area (Å²) in [5.74, 6) is 0.0379. The summed E-state index contributed by atoms with van der Waals surface area (Å²) >= 11 is 0. The van der Waals surface area contributed by atoms with E-state index >= 15 is 0 Å². The molecule has 0 aliphatic heterocycles. The van der Waals surface area contributed by atoms with Crippen LogP contribution in [0.3, 0.4) is 0 Å². The molecular formula is C25H31FN6O4. The van der Waals surface area contributed by atoms with Crippen LogP contribution >= 0.6 is 0 Å². The molecule has 1 heterocycles. The van der Waals surface area contributed by atoms with Crippen molar-refractivity contribution in [2.75, 3.05) is 19.1 Å². The molecule has 0 radical (unpaired) electrons. The highest BCUT2D eigenvalue weighted by Gasteiger charge is 2.32. The van der Waals surface area contributed by atoms with Crippen molar-refractivity contribution < 1.29 is 23.5 Å². The Balaban J connectivity index is 1.96. The van der Waals surface area contributed by atoms with E-state index in [0.717, 1.165) is 4.80 Å². The minimum Gasteiger partial charge on any atom is -0.493 e. The fourth-order valence-corrected chi connectivity index (χ4v) is 3.63. The first kappa shape index (κ1) is 26.6. The first-order chi connectivity index (χ1) is 17.1. The molecule has 192 valence electrons. The molecule has 1 N–H and O–H groups in total. The molecule has 36 heavy (non-hydrogen) atoms. The molecule has 0 aliphatic rings. The number of benzene rings is 2. The number of anilines is 1. The number of ether oxygens (including phenoxy) is 2. The predicted octanol–water partition coefficient (Wildman–Crippen LogP) is 3.22. The smallest absolute Gasteiger partial charge is 0.251 e. The van der Waals surface area contributed by atoms with Crippen LogP contribution in [0.2, 0.25) is 0 Å². The van der Waals surface area contributed by atoms with Gasteiger partial charge in [0.25, 0.3) is 5.91 Å². The number of rotatable bonds is 9. The third-order valence-corrected chi connectivity index (χ3v) is 5.25. The molecule has 0 bridgehead atoms. The molecular weight excluding hydrogens is 467 g/mol. The summed E-state index contributed by atoms with van der Waals surface area (Å²) in [7, 11) is 3.01. The number of aromatic nitrogens is 4. The minimum absolute atomic E-state index is 0.248. The van der Waals surface area contributed by atoms with Gasteiger partial charge in [0.05, 0.1) is 14.2 Å². The lowest BCUT2D eigenvalue weighted by atomic mass is 10.1. The van der Waals surface area contributed by atoms with Crippen LogP contribution in [0.15, 0.2) is 42.5 Å². The molecule has 1 aromatic heterocycles. The summed E-state index contributed by atoms with van der Waals surface area (Å²) in [5, 5.41) is 15.2. The Bertz CT molecular complexity index is 1210. The number of amides is 2. The van der Waals surface area contributed by atoms with Crippen molar-refractivity contribution >= 4 is 17.5 Å². The molecule has 0 fully saturated rings. The fraction of sp³-hybridized carbons (Fsp3) is 0.400. The number of carbonyl (C=O) groups is 2. The van der Waals surface area contributed by atoms with Crippen LogP contribution in [-0.2, 0) is 16.1 Å². The van der Waals surface area contributed by atoms with E-state index in [4.69, 9.17) is 9.47 Å². The Morgan fingerprint density at radius 1 is 1.08 bits per heavy atom. The SMILES string of the molecule is CC[C@H](C(=O)NC(C)(C)C)N(C(=O)Cn1nnc(-c2ccc(F)cc2)n1)c1ccc(OC)c(OC)c1. The first-order valence-corrected chi connectivity index (χ1v) is 11.5. The van der Waals surface area contributed by atoms with E-state index in [9.17, 15) is 14.0 Å². The minimum atomic E-state index is -0.810. The van der Waals surface area contributed by atoms with Gasteiger partial charge in [-0.2, -0.15) is 4.80 Å². The maximum Gasteiger partial charge on any atom is 0.251 e. The quantitative estimate of drug-likeness (QED) is 0.482. The zero-order valence-electron chi connectivity index (χ0n) is 21.3. The third kappa shape index (κ3) is 6.35. The van der Waals surface area contributed by atoms with Gasteiger partial charge < -0.3 is 14.8 Å². The molecule has 0 aliphatic carbocycles. The number of hydrogen-bond donors (Lipinski definition) is 1. The van der Waals surface area contributed by atoms with E-state index in [1.807, 2.05) is 27.7 Å². The summed E-state index contributed by atoms with van der Waals surface area (Å²) in [6, 6.07) is 9.82. The van der Waals surface area contributed by atoms with Crippen molar-refractivity contribution in [3.8, 4) is 22.9 Å². The average Bonchev–Trinajstić information content (AvgIpc) is 3.29. The zero-order chi connectivity index (χ0) is 26.5. The predicted molar refractivity (Wildman–Crippen MR) is 132 cm³/mol. The van der Waals surface area contributed by atoms with Crippen LogP contribution in [0.25, 0.3) is 11.4 Å². The third-order valence-electron chi connectivity index (χ3n) is 5.25. The average molecular weight is 499 g/mol. The number of nitrogens with zero attached hydrogens (tertiary/aromatic N) is 5. The number of carbonyl (C=O) groups excluding carboxylic acids is 2. The topological polar surface area (TPSA) is 111 Å². The molecule has 1 atom stereocenters. The van der Waals surface area contributed by atoms with Gasteiger partial charge in [-0.25, -0.2) is 4.39 Å². The van der Waals surface area contributed by atoms with E-state index in [1.54, 1.807) is 18.2 Å². The molecule has 11 heteroatoms. The molecule has 10 nitrogen and oxygen atoms in total. The van der Waals surface area contributed by atoms with Gasteiger partial charge in [0.1, 0.15) is 18.4 Å². The normalized spacial score (nSPS) is 12.1. The van der Waals surface area contributed by atoms with Crippen LogP contribution in [0.5, 0.6) is 11.5 Å². The lowest BCUT2D eigenvalue weighted by molar-refractivity contribution is -0.128. The maximum atomic E-state index is 13.6. The van der Waals surface area contributed by atoms with Gasteiger partial charge in [-0.05, 0) is 68.8 Å². The molecule has 0 saturated carbocycles. The standard InChI is InChI=1S/C25H31FN6O4/c1-7-19(24(34)27-25(2,3)4)32(18-12-13-20(35-5)21(14-18)36-6)22(33)15-31-29-23(28-30-31)16-8-10-17(26)11-9-16/h8-14,19H,7,15H2,1-6H3,(H,27,34)/t19-/m1/s1. The highest BCUT2D eigenvalue weighted by molar-refractivity contribution is 6.01. The van der Waals surface area contributed by atoms with Crippen LogP contribution in [-0.4, -0.2) is 57.8 Å². The Morgan fingerprint density at radius 3 is 2.33 bits per heavy atom. The van der Waals surface area contributed by atoms with Crippen LogP contribution < -0.4 is 19.7 Å². The lowest BCUT2D eigenvalue weighted by Gasteiger charge is -2.33. The Hall–Kier alpha value is -4.02. The number of halogens is 1. The number of tetrazole rings is 1. The van der Waals surface area contributed by atoms with E-state index in [0.29, 0.717) is 29.2 Å². The highest BCUT2D eigenvalue weighted by Crippen LogP contribution is 2.33. The van der Waals surface area contributed by atoms with Crippen LogP contribution in [0, 0.1) is 5.82 Å².